The molecule has 1 aromatic rings. The van der Waals surface area contributed by atoms with Gasteiger partial charge in [0.05, 0.1) is 6.04 Å². The van der Waals surface area contributed by atoms with Crippen LogP contribution in [0.1, 0.15) is 38.8 Å². The molecule has 0 spiro atoms. The van der Waals surface area contributed by atoms with E-state index < -0.39 is 6.04 Å². The number of halogens is 1. The number of hydrogen-bond acceptors (Lipinski definition) is 2. The maximum atomic E-state index is 12.7. The Kier molecular flexibility index (Phi) is 5.04. The average Bonchev–Trinajstić information content (AvgIpc) is 2.48. The molecule has 2 amide bonds. The standard InChI is InChI=1S/C16H21BrN2O2/c1-4-10(2)15-16(21)19(9-14(20)18-15)11(3)12-5-7-13(17)8-6-12/h5-8,10-11,15H,4,9H2,1-3H3,(H,18,20). The van der Waals surface area contributed by atoms with Crippen LogP contribution in [0.5, 0.6) is 0 Å². The number of carbonyl (C=O) groups is 2. The number of piperazine rings is 1. The Labute approximate surface area is 134 Å². The van der Waals surface area contributed by atoms with Crippen LogP contribution in [0.15, 0.2) is 28.7 Å². The van der Waals surface area contributed by atoms with E-state index in [1.165, 1.54) is 0 Å². The van der Waals surface area contributed by atoms with E-state index in [0.717, 1.165) is 16.5 Å². The Morgan fingerprint density at radius 3 is 2.48 bits per heavy atom. The van der Waals surface area contributed by atoms with Gasteiger partial charge in [-0.15, -0.1) is 0 Å². The van der Waals surface area contributed by atoms with Crippen molar-refractivity contribution in [1.82, 2.24) is 10.2 Å². The monoisotopic (exact) mass is 352 g/mol. The highest BCUT2D eigenvalue weighted by Gasteiger charge is 2.37. The van der Waals surface area contributed by atoms with Gasteiger partial charge in [-0.3, -0.25) is 9.59 Å². The van der Waals surface area contributed by atoms with Crippen LogP contribution in [0, 0.1) is 5.92 Å². The second-order valence-corrected chi connectivity index (χ2v) is 6.54. The molecule has 1 heterocycles. The fraction of sp³-hybridized carbons (Fsp3) is 0.500. The summed E-state index contributed by atoms with van der Waals surface area (Å²) in [7, 11) is 0. The molecular formula is C16H21BrN2O2. The number of amides is 2. The third-order valence-corrected chi connectivity index (χ3v) is 4.74. The van der Waals surface area contributed by atoms with Gasteiger partial charge in [0.1, 0.15) is 12.6 Å². The van der Waals surface area contributed by atoms with Crippen molar-refractivity contribution in [2.75, 3.05) is 6.54 Å². The largest absolute Gasteiger partial charge is 0.342 e. The van der Waals surface area contributed by atoms with Crippen LogP contribution in [-0.2, 0) is 9.59 Å². The number of benzene rings is 1. The highest BCUT2D eigenvalue weighted by atomic mass is 79.9. The summed E-state index contributed by atoms with van der Waals surface area (Å²) in [6.45, 7) is 6.12. The van der Waals surface area contributed by atoms with Crippen LogP contribution in [0.2, 0.25) is 0 Å². The lowest BCUT2D eigenvalue weighted by Gasteiger charge is -2.38. The Morgan fingerprint density at radius 2 is 1.90 bits per heavy atom. The van der Waals surface area contributed by atoms with Crippen LogP contribution in [0.25, 0.3) is 0 Å². The Hall–Kier alpha value is -1.36. The van der Waals surface area contributed by atoms with E-state index in [0.29, 0.717) is 0 Å². The summed E-state index contributed by atoms with van der Waals surface area (Å²) in [5.74, 6) is 0.0737. The lowest BCUT2D eigenvalue weighted by atomic mass is 9.94. The SMILES string of the molecule is CCC(C)C1NC(=O)CN(C(C)c2ccc(Br)cc2)C1=O. The minimum Gasteiger partial charge on any atom is -0.342 e. The fourth-order valence-corrected chi connectivity index (χ4v) is 2.83. The van der Waals surface area contributed by atoms with Crippen LogP contribution >= 0.6 is 15.9 Å². The molecule has 1 N–H and O–H groups in total. The topological polar surface area (TPSA) is 49.4 Å². The first-order valence-electron chi connectivity index (χ1n) is 7.29. The summed E-state index contributed by atoms with van der Waals surface area (Å²) in [5.41, 5.74) is 1.03. The molecule has 0 radical (unpaired) electrons. The number of carbonyl (C=O) groups excluding carboxylic acids is 2. The molecule has 0 bridgehead atoms. The van der Waals surface area contributed by atoms with Gasteiger partial charge in [-0.1, -0.05) is 48.3 Å². The summed E-state index contributed by atoms with van der Waals surface area (Å²) in [5, 5.41) is 2.82. The average molecular weight is 353 g/mol. The zero-order valence-corrected chi connectivity index (χ0v) is 14.2. The molecule has 5 heteroatoms. The number of rotatable bonds is 4. The summed E-state index contributed by atoms with van der Waals surface area (Å²) in [4.78, 5) is 26.3. The van der Waals surface area contributed by atoms with Crippen molar-refractivity contribution in [3.63, 3.8) is 0 Å². The molecule has 3 atom stereocenters. The van der Waals surface area contributed by atoms with Crippen molar-refractivity contribution in [2.45, 2.75) is 39.3 Å². The first-order valence-corrected chi connectivity index (χ1v) is 8.08. The third-order valence-electron chi connectivity index (χ3n) is 4.21. The van der Waals surface area contributed by atoms with Gasteiger partial charge < -0.3 is 10.2 Å². The van der Waals surface area contributed by atoms with E-state index >= 15 is 0 Å². The first kappa shape index (κ1) is 16.0. The molecule has 0 saturated carbocycles. The maximum absolute atomic E-state index is 12.7. The summed E-state index contributed by atoms with van der Waals surface area (Å²) in [6, 6.07) is 7.34. The van der Waals surface area contributed by atoms with E-state index in [1.807, 2.05) is 45.0 Å². The van der Waals surface area contributed by atoms with Crippen molar-refractivity contribution in [3.8, 4) is 0 Å². The molecule has 2 rings (SSSR count). The normalized spacial score (nSPS) is 21.9. The summed E-state index contributed by atoms with van der Waals surface area (Å²) < 4.78 is 0.999. The van der Waals surface area contributed by atoms with Crippen molar-refractivity contribution in [1.29, 1.82) is 0 Å². The Bertz CT molecular complexity index is 530. The van der Waals surface area contributed by atoms with Gasteiger partial charge in [0.25, 0.3) is 0 Å². The molecular weight excluding hydrogens is 332 g/mol. The summed E-state index contributed by atoms with van der Waals surface area (Å²) >= 11 is 3.41. The molecule has 1 aromatic carbocycles. The molecule has 1 aliphatic heterocycles. The molecule has 4 nitrogen and oxygen atoms in total. The predicted molar refractivity (Wildman–Crippen MR) is 85.7 cm³/mol. The van der Waals surface area contributed by atoms with E-state index in [1.54, 1.807) is 4.90 Å². The molecule has 1 fully saturated rings. The number of nitrogens with one attached hydrogen (secondary N) is 1. The van der Waals surface area contributed by atoms with Gasteiger partial charge in [0.15, 0.2) is 0 Å². The van der Waals surface area contributed by atoms with Gasteiger partial charge in [-0.2, -0.15) is 0 Å². The van der Waals surface area contributed by atoms with Gasteiger partial charge in [-0.05, 0) is 30.5 Å². The summed E-state index contributed by atoms with van der Waals surface area (Å²) in [6.07, 6.45) is 0.858. The lowest BCUT2D eigenvalue weighted by molar-refractivity contribution is -0.148. The fourth-order valence-electron chi connectivity index (χ4n) is 2.56. The molecule has 1 aliphatic rings. The van der Waals surface area contributed by atoms with E-state index in [2.05, 4.69) is 21.2 Å². The van der Waals surface area contributed by atoms with E-state index in [9.17, 15) is 9.59 Å². The van der Waals surface area contributed by atoms with E-state index in [-0.39, 0.29) is 30.3 Å². The lowest BCUT2D eigenvalue weighted by Crippen LogP contribution is -2.60. The molecule has 114 valence electrons. The molecule has 0 aliphatic carbocycles. The molecule has 3 unspecified atom stereocenters. The molecule has 0 aromatic heterocycles. The minimum atomic E-state index is -0.408. The smallest absolute Gasteiger partial charge is 0.246 e. The zero-order valence-electron chi connectivity index (χ0n) is 12.6. The Morgan fingerprint density at radius 1 is 1.29 bits per heavy atom. The van der Waals surface area contributed by atoms with Crippen molar-refractivity contribution in [3.05, 3.63) is 34.3 Å². The maximum Gasteiger partial charge on any atom is 0.246 e. The molecule has 21 heavy (non-hydrogen) atoms. The second-order valence-electron chi connectivity index (χ2n) is 5.62. The predicted octanol–water partition coefficient (Wildman–Crippen LogP) is 2.88. The number of nitrogens with zero attached hydrogens (tertiary/aromatic N) is 1. The molecule has 1 saturated heterocycles. The van der Waals surface area contributed by atoms with Gasteiger partial charge in [-0.25, -0.2) is 0 Å². The van der Waals surface area contributed by atoms with Crippen LogP contribution in [0.4, 0.5) is 0 Å². The van der Waals surface area contributed by atoms with Crippen molar-refractivity contribution >= 4 is 27.7 Å². The Balaban J connectivity index is 2.22. The third kappa shape index (κ3) is 3.46. The van der Waals surface area contributed by atoms with E-state index in [4.69, 9.17) is 0 Å². The van der Waals surface area contributed by atoms with Crippen LogP contribution in [0.3, 0.4) is 0 Å². The quantitative estimate of drug-likeness (QED) is 0.905. The van der Waals surface area contributed by atoms with Crippen molar-refractivity contribution in [2.24, 2.45) is 5.92 Å². The minimum absolute atomic E-state index is 0.0133. The zero-order chi connectivity index (χ0) is 15.6. The van der Waals surface area contributed by atoms with Gasteiger partial charge in [0.2, 0.25) is 11.8 Å². The highest BCUT2D eigenvalue weighted by molar-refractivity contribution is 9.10. The number of hydrogen-bond donors (Lipinski definition) is 1. The highest BCUT2D eigenvalue weighted by Crippen LogP contribution is 2.25. The van der Waals surface area contributed by atoms with Gasteiger partial charge in [0, 0.05) is 4.47 Å². The first-order chi connectivity index (χ1) is 9.93. The van der Waals surface area contributed by atoms with Crippen LogP contribution in [-0.4, -0.2) is 29.3 Å². The van der Waals surface area contributed by atoms with Crippen molar-refractivity contribution < 1.29 is 9.59 Å². The van der Waals surface area contributed by atoms with Crippen LogP contribution < -0.4 is 5.32 Å². The second kappa shape index (κ2) is 6.60. The van der Waals surface area contributed by atoms with Gasteiger partial charge >= 0.3 is 0 Å².